The van der Waals surface area contributed by atoms with Crippen LogP contribution in [0, 0.1) is 5.41 Å². The van der Waals surface area contributed by atoms with Crippen LogP contribution in [0.15, 0.2) is 18.5 Å². The lowest BCUT2D eigenvalue weighted by Crippen LogP contribution is -2.64. The fraction of sp³-hybridized carbons (Fsp3) is 0.500. The van der Waals surface area contributed by atoms with Gasteiger partial charge in [-0.05, 0) is 18.9 Å². The van der Waals surface area contributed by atoms with Crippen molar-refractivity contribution in [1.29, 1.82) is 0 Å². The zero-order chi connectivity index (χ0) is 22.9. The van der Waals surface area contributed by atoms with E-state index in [0.717, 1.165) is 25.5 Å². The number of nitrogens with zero attached hydrogens (tertiary/aromatic N) is 6. The molecule has 3 aromatic heterocycles. The van der Waals surface area contributed by atoms with Crippen molar-refractivity contribution in [2.45, 2.75) is 19.0 Å². The molecule has 172 valence electrons. The van der Waals surface area contributed by atoms with E-state index in [-0.39, 0.29) is 11.0 Å². The molecule has 0 aliphatic carbocycles. The number of alkyl halides is 3. The van der Waals surface area contributed by atoms with Crippen LogP contribution in [-0.2, 0) is 16.2 Å². The summed E-state index contributed by atoms with van der Waals surface area (Å²) in [6.45, 7) is 2.43. The minimum atomic E-state index is -4.62. The van der Waals surface area contributed by atoms with Crippen molar-refractivity contribution < 1.29 is 21.6 Å². The molecular weight excluding hydrogens is 467 g/mol. The molecule has 0 atom stereocenters. The van der Waals surface area contributed by atoms with Crippen LogP contribution in [0.1, 0.15) is 18.4 Å². The third-order valence-electron chi connectivity index (χ3n) is 6.02. The fourth-order valence-electron chi connectivity index (χ4n) is 4.42. The summed E-state index contributed by atoms with van der Waals surface area (Å²) >= 11 is 1.34. The number of hydrogen-bond acceptors (Lipinski definition) is 8. The fourth-order valence-corrected chi connectivity index (χ4v) is 6.33. The van der Waals surface area contributed by atoms with Gasteiger partial charge in [0.2, 0.25) is 20.1 Å². The molecule has 1 spiro atoms. The molecule has 0 bridgehead atoms. The summed E-state index contributed by atoms with van der Waals surface area (Å²) < 4.78 is 66.2. The predicted octanol–water partition coefficient (Wildman–Crippen LogP) is 2.32. The van der Waals surface area contributed by atoms with Crippen LogP contribution in [0.3, 0.4) is 0 Å². The van der Waals surface area contributed by atoms with Gasteiger partial charge in [0.15, 0.2) is 0 Å². The van der Waals surface area contributed by atoms with E-state index < -0.39 is 27.6 Å². The molecule has 2 aliphatic rings. The van der Waals surface area contributed by atoms with Crippen LogP contribution >= 0.6 is 11.3 Å². The quantitative estimate of drug-likeness (QED) is 0.604. The Labute approximate surface area is 185 Å². The van der Waals surface area contributed by atoms with Crippen LogP contribution < -0.4 is 10.6 Å². The number of rotatable bonds is 3. The number of anilines is 2. The zero-order valence-electron chi connectivity index (χ0n) is 17.0. The lowest BCUT2D eigenvalue weighted by molar-refractivity contribution is -0.137. The maximum absolute atomic E-state index is 13.2. The van der Waals surface area contributed by atoms with Gasteiger partial charge in [-0.2, -0.15) is 13.2 Å². The predicted molar refractivity (Wildman–Crippen MR) is 114 cm³/mol. The first-order valence-electron chi connectivity index (χ1n) is 9.83. The third-order valence-corrected chi connectivity index (χ3v) is 8.20. The zero-order valence-corrected chi connectivity index (χ0v) is 18.6. The molecular formula is C18H20F3N7O2S2. The van der Waals surface area contributed by atoms with E-state index >= 15 is 0 Å². The molecule has 0 aromatic carbocycles. The van der Waals surface area contributed by atoms with Gasteiger partial charge < -0.3 is 10.6 Å². The number of imidazole rings is 1. The van der Waals surface area contributed by atoms with Gasteiger partial charge >= 0.3 is 6.18 Å². The Morgan fingerprint density at radius 3 is 2.62 bits per heavy atom. The lowest BCUT2D eigenvalue weighted by Gasteiger charge is -2.53. The summed E-state index contributed by atoms with van der Waals surface area (Å²) in [5.74, 6) is -0.580. The molecule has 2 fully saturated rings. The van der Waals surface area contributed by atoms with Crippen molar-refractivity contribution >= 4 is 37.3 Å². The topological polar surface area (TPSA) is 110 Å². The van der Waals surface area contributed by atoms with E-state index in [2.05, 4.69) is 20.0 Å². The minimum absolute atomic E-state index is 0.0968. The van der Waals surface area contributed by atoms with Crippen LogP contribution in [0.25, 0.3) is 16.2 Å². The summed E-state index contributed by atoms with van der Waals surface area (Å²) in [5.41, 5.74) is 4.92. The second kappa shape index (κ2) is 7.02. The third kappa shape index (κ3) is 3.59. The molecule has 3 aromatic rings. The second-order valence-electron chi connectivity index (χ2n) is 8.43. The smallest absolute Gasteiger partial charge is 0.383 e. The van der Waals surface area contributed by atoms with Gasteiger partial charge in [-0.15, -0.1) is 5.10 Å². The Hall–Kier alpha value is -2.45. The number of piperidine rings is 1. The highest BCUT2D eigenvalue weighted by Crippen LogP contribution is 2.42. The number of hydrogen-bond donors (Lipinski definition) is 1. The Balaban J connectivity index is 1.43. The maximum Gasteiger partial charge on any atom is 0.419 e. The molecule has 5 heterocycles. The van der Waals surface area contributed by atoms with E-state index in [1.807, 2.05) is 0 Å². The molecule has 14 heteroatoms. The van der Waals surface area contributed by atoms with Gasteiger partial charge in [0.05, 0.1) is 23.7 Å². The van der Waals surface area contributed by atoms with E-state index in [9.17, 15) is 21.6 Å². The van der Waals surface area contributed by atoms with Crippen molar-refractivity contribution in [1.82, 2.24) is 23.9 Å². The molecule has 5 rings (SSSR count). The monoisotopic (exact) mass is 487 g/mol. The summed E-state index contributed by atoms with van der Waals surface area (Å²) in [4.78, 5) is 10.7. The molecule has 0 saturated carbocycles. The normalized spacial score (nSPS) is 19.6. The molecule has 0 unspecified atom stereocenters. The highest BCUT2D eigenvalue weighted by atomic mass is 32.2. The Bertz CT molecular complexity index is 1300. The van der Waals surface area contributed by atoms with E-state index in [0.29, 0.717) is 35.4 Å². The molecule has 0 radical (unpaired) electrons. The highest BCUT2D eigenvalue weighted by Gasteiger charge is 2.49. The number of pyridine rings is 1. The van der Waals surface area contributed by atoms with Gasteiger partial charge in [0, 0.05) is 43.4 Å². The van der Waals surface area contributed by atoms with Crippen LogP contribution in [0.5, 0.6) is 0 Å². The lowest BCUT2D eigenvalue weighted by atomic mass is 9.75. The molecule has 2 N–H and O–H groups in total. The summed E-state index contributed by atoms with van der Waals surface area (Å²) in [6.07, 6.45) is 1.19. The second-order valence-corrected chi connectivity index (χ2v) is 11.4. The van der Waals surface area contributed by atoms with Gasteiger partial charge in [-0.3, -0.25) is 0 Å². The molecule has 9 nitrogen and oxygen atoms in total. The Morgan fingerprint density at radius 2 is 1.94 bits per heavy atom. The summed E-state index contributed by atoms with van der Waals surface area (Å²) in [7, 11) is -3.20. The van der Waals surface area contributed by atoms with Crippen molar-refractivity contribution in [3.8, 4) is 11.3 Å². The molecule has 32 heavy (non-hydrogen) atoms. The number of fused-ring (bicyclic) bond motifs is 1. The number of nitrogens with two attached hydrogens (primary N) is 1. The van der Waals surface area contributed by atoms with Crippen LogP contribution in [0.2, 0.25) is 0 Å². The SMILES string of the molecule is CS(=O)(=O)N1CC2(CCCN(c3nn4c(-c5cnc(N)c(C(F)(F)F)c5)cnc4s3)C2)C1. The average molecular weight is 488 g/mol. The van der Waals surface area contributed by atoms with Crippen molar-refractivity contribution in [3.63, 3.8) is 0 Å². The molecule has 2 saturated heterocycles. The number of nitrogen functional groups attached to an aromatic ring is 1. The first kappa shape index (κ1) is 21.4. The van der Waals surface area contributed by atoms with Crippen molar-refractivity contribution in [3.05, 3.63) is 24.0 Å². The summed E-state index contributed by atoms with van der Waals surface area (Å²) in [6, 6.07) is 0.953. The van der Waals surface area contributed by atoms with Crippen LogP contribution in [-0.4, -0.2) is 64.7 Å². The standard InChI is InChI=1S/C18H20F3N7O2S2/c1-32(29,30)27-9-17(10-27)3-2-4-26(8-17)16-25-28-13(7-24-15(28)31-16)11-5-12(18(19,20)21)14(22)23-6-11/h5-7H,2-4,8-10H2,1H3,(H2,22,23). The van der Waals surface area contributed by atoms with Crippen molar-refractivity contribution in [2.24, 2.45) is 5.41 Å². The van der Waals surface area contributed by atoms with Gasteiger partial charge in [-0.1, -0.05) is 11.3 Å². The van der Waals surface area contributed by atoms with E-state index in [4.69, 9.17) is 5.73 Å². The highest BCUT2D eigenvalue weighted by molar-refractivity contribution is 7.88. The largest absolute Gasteiger partial charge is 0.419 e. The number of aromatic nitrogens is 4. The van der Waals surface area contributed by atoms with Gasteiger partial charge in [0.25, 0.3) is 0 Å². The minimum Gasteiger partial charge on any atom is -0.383 e. The Kier molecular flexibility index (Phi) is 4.70. The average Bonchev–Trinajstić information content (AvgIpc) is 3.26. The van der Waals surface area contributed by atoms with Gasteiger partial charge in [-0.25, -0.2) is 27.2 Å². The first-order valence-corrected chi connectivity index (χ1v) is 12.5. The maximum atomic E-state index is 13.2. The number of sulfonamides is 1. The van der Waals surface area contributed by atoms with E-state index in [1.165, 1.54) is 38.8 Å². The number of halogens is 3. The summed E-state index contributed by atoms with van der Waals surface area (Å²) in [5, 5.41) is 5.30. The van der Waals surface area contributed by atoms with E-state index in [1.54, 1.807) is 0 Å². The molecule has 0 amide bonds. The molecule has 2 aliphatic heterocycles. The van der Waals surface area contributed by atoms with Gasteiger partial charge in [0.1, 0.15) is 5.82 Å². The van der Waals surface area contributed by atoms with Crippen LogP contribution in [0.4, 0.5) is 24.1 Å². The van der Waals surface area contributed by atoms with Crippen molar-refractivity contribution in [2.75, 3.05) is 43.1 Å². The Morgan fingerprint density at radius 1 is 1.19 bits per heavy atom. The first-order chi connectivity index (χ1) is 15.0.